The summed E-state index contributed by atoms with van der Waals surface area (Å²) in [6, 6.07) is 6.44. The summed E-state index contributed by atoms with van der Waals surface area (Å²) in [5, 5.41) is 3.39. The second kappa shape index (κ2) is 4.30. The molecule has 1 aliphatic carbocycles. The van der Waals surface area contributed by atoms with Crippen molar-refractivity contribution in [3.8, 4) is 5.75 Å². The molecular weight excluding hydrogens is 217 g/mol. The van der Waals surface area contributed by atoms with Crippen molar-refractivity contribution in [3.63, 3.8) is 0 Å². The van der Waals surface area contributed by atoms with E-state index in [1.54, 1.807) is 6.07 Å². The van der Waals surface area contributed by atoms with Crippen molar-refractivity contribution in [2.24, 2.45) is 5.41 Å². The Morgan fingerprint density at radius 1 is 1.24 bits per heavy atom. The lowest BCUT2D eigenvalue weighted by Gasteiger charge is -2.49. The SMILES string of the molecule is Fc1cccc(OC2CC3(CCNCC3)C2)c1. The molecule has 0 atom stereocenters. The zero-order valence-corrected chi connectivity index (χ0v) is 9.92. The topological polar surface area (TPSA) is 21.3 Å². The van der Waals surface area contributed by atoms with Gasteiger partial charge in [-0.2, -0.15) is 0 Å². The van der Waals surface area contributed by atoms with Gasteiger partial charge in [0.15, 0.2) is 0 Å². The number of piperidine rings is 1. The van der Waals surface area contributed by atoms with Crippen LogP contribution in [-0.4, -0.2) is 19.2 Å². The van der Waals surface area contributed by atoms with Gasteiger partial charge in [-0.1, -0.05) is 6.07 Å². The van der Waals surface area contributed by atoms with E-state index in [0.717, 1.165) is 25.9 Å². The van der Waals surface area contributed by atoms with Crippen molar-refractivity contribution in [2.45, 2.75) is 31.8 Å². The maximum Gasteiger partial charge on any atom is 0.126 e. The van der Waals surface area contributed by atoms with E-state index in [1.165, 1.54) is 25.0 Å². The minimum absolute atomic E-state index is 0.224. The number of hydrogen-bond acceptors (Lipinski definition) is 2. The van der Waals surface area contributed by atoms with Gasteiger partial charge in [0.1, 0.15) is 11.6 Å². The molecule has 2 nitrogen and oxygen atoms in total. The van der Waals surface area contributed by atoms with Gasteiger partial charge in [-0.05, 0) is 56.3 Å². The Bertz CT molecular complexity index is 393. The number of halogens is 1. The van der Waals surface area contributed by atoms with Crippen LogP contribution < -0.4 is 10.1 Å². The third-order valence-electron chi connectivity index (χ3n) is 4.08. The number of ether oxygens (including phenoxy) is 1. The molecule has 1 spiro atoms. The van der Waals surface area contributed by atoms with Gasteiger partial charge >= 0.3 is 0 Å². The van der Waals surface area contributed by atoms with Gasteiger partial charge in [0.05, 0.1) is 6.10 Å². The Morgan fingerprint density at radius 3 is 2.71 bits per heavy atom. The van der Waals surface area contributed by atoms with Gasteiger partial charge in [-0.3, -0.25) is 0 Å². The van der Waals surface area contributed by atoms with E-state index in [0.29, 0.717) is 11.2 Å². The Hall–Kier alpha value is -1.09. The summed E-state index contributed by atoms with van der Waals surface area (Å²) < 4.78 is 18.8. The highest BCUT2D eigenvalue weighted by Gasteiger charge is 2.45. The predicted molar refractivity (Wildman–Crippen MR) is 64.6 cm³/mol. The lowest BCUT2D eigenvalue weighted by Crippen LogP contribution is -2.49. The average Bonchev–Trinajstić information content (AvgIpc) is 2.28. The van der Waals surface area contributed by atoms with Crippen LogP contribution in [0, 0.1) is 11.2 Å². The van der Waals surface area contributed by atoms with Gasteiger partial charge in [-0.25, -0.2) is 4.39 Å². The fraction of sp³-hybridized carbons (Fsp3) is 0.571. The molecule has 1 saturated heterocycles. The molecule has 2 aliphatic rings. The zero-order chi connectivity index (χ0) is 11.7. The van der Waals surface area contributed by atoms with Crippen molar-refractivity contribution >= 4 is 0 Å². The van der Waals surface area contributed by atoms with Crippen LogP contribution >= 0.6 is 0 Å². The van der Waals surface area contributed by atoms with Crippen molar-refractivity contribution in [1.82, 2.24) is 5.32 Å². The molecular formula is C14H18FNO. The second-order valence-electron chi connectivity index (χ2n) is 5.36. The zero-order valence-electron chi connectivity index (χ0n) is 9.92. The Balaban J connectivity index is 1.55. The van der Waals surface area contributed by atoms with Crippen LogP contribution in [-0.2, 0) is 0 Å². The summed E-state index contributed by atoms with van der Waals surface area (Å²) in [6.45, 7) is 2.26. The molecule has 0 aromatic heterocycles. The van der Waals surface area contributed by atoms with Crippen LogP contribution in [0.5, 0.6) is 5.75 Å². The first-order valence-corrected chi connectivity index (χ1v) is 6.39. The monoisotopic (exact) mass is 235 g/mol. The first-order valence-electron chi connectivity index (χ1n) is 6.39. The Morgan fingerprint density at radius 2 is 2.00 bits per heavy atom. The quantitative estimate of drug-likeness (QED) is 0.851. The van der Waals surface area contributed by atoms with E-state index in [9.17, 15) is 4.39 Å². The summed E-state index contributed by atoms with van der Waals surface area (Å²) in [5.41, 5.74) is 0.517. The van der Waals surface area contributed by atoms with E-state index in [1.807, 2.05) is 6.07 Å². The summed E-state index contributed by atoms with van der Waals surface area (Å²) >= 11 is 0. The number of nitrogens with one attached hydrogen (secondary N) is 1. The highest BCUT2D eigenvalue weighted by Crippen LogP contribution is 2.49. The van der Waals surface area contributed by atoms with E-state index >= 15 is 0 Å². The molecule has 2 fully saturated rings. The van der Waals surface area contributed by atoms with Gasteiger partial charge in [0.25, 0.3) is 0 Å². The van der Waals surface area contributed by atoms with Crippen molar-refractivity contribution in [1.29, 1.82) is 0 Å². The average molecular weight is 235 g/mol. The number of rotatable bonds is 2. The summed E-state index contributed by atoms with van der Waals surface area (Å²) in [7, 11) is 0. The first-order chi connectivity index (χ1) is 8.26. The van der Waals surface area contributed by atoms with Gasteiger partial charge in [-0.15, -0.1) is 0 Å². The maximum absolute atomic E-state index is 13.0. The largest absolute Gasteiger partial charge is 0.490 e. The first kappa shape index (κ1) is 11.0. The molecule has 1 aliphatic heterocycles. The maximum atomic E-state index is 13.0. The molecule has 0 bridgehead atoms. The standard InChI is InChI=1S/C14H18FNO/c15-11-2-1-3-12(8-11)17-13-9-14(10-13)4-6-16-7-5-14/h1-3,8,13,16H,4-7,9-10H2. The molecule has 1 saturated carbocycles. The molecule has 0 amide bonds. The second-order valence-corrected chi connectivity index (χ2v) is 5.36. The smallest absolute Gasteiger partial charge is 0.126 e. The fourth-order valence-corrected chi connectivity index (χ4v) is 3.09. The lowest BCUT2D eigenvalue weighted by molar-refractivity contribution is -0.0348. The minimum atomic E-state index is -0.224. The van der Waals surface area contributed by atoms with Crippen LogP contribution in [0.25, 0.3) is 0 Å². The van der Waals surface area contributed by atoms with Gasteiger partial charge in [0, 0.05) is 6.07 Å². The van der Waals surface area contributed by atoms with Crippen LogP contribution in [0.3, 0.4) is 0 Å². The molecule has 3 rings (SSSR count). The molecule has 1 aromatic carbocycles. The summed E-state index contributed by atoms with van der Waals surface area (Å²) in [6.07, 6.45) is 5.07. The van der Waals surface area contributed by atoms with E-state index in [4.69, 9.17) is 4.74 Å². The van der Waals surface area contributed by atoms with Crippen molar-refractivity contribution in [2.75, 3.05) is 13.1 Å². The van der Waals surface area contributed by atoms with Crippen LogP contribution in [0.15, 0.2) is 24.3 Å². The van der Waals surface area contributed by atoms with Crippen LogP contribution in [0.2, 0.25) is 0 Å². The van der Waals surface area contributed by atoms with Gasteiger partial charge < -0.3 is 10.1 Å². The highest BCUT2D eigenvalue weighted by molar-refractivity contribution is 5.23. The highest BCUT2D eigenvalue weighted by atomic mass is 19.1. The van der Waals surface area contributed by atoms with Crippen molar-refractivity contribution in [3.05, 3.63) is 30.1 Å². The van der Waals surface area contributed by atoms with E-state index < -0.39 is 0 Å². The summed E-state index contributed by atoms with van der Waals surface area (Å²) in [4.78, 5) is 0. The molecule has 0 unspecified atom stereocenters. The van der Waals surface area contributed by atoms with Crippen LogP contribution in [0.4, 0.5) is 4.39 Å². The molecule has 0 radical (unpaired) electrons. The molecule has 1 N–H and O–H groups in total. The molecule has 1 aromatic rings. The number of hydrogen-bond donors (Lipinski definition) is 1. The van der Waals surface area contributed by atoms with Crippen molar-refractivity contribution < 1.29 is 9.13 Å². The predicted octanol–water partition coefficient (Wildman–Crippen LogP) is 2.74. The number of benzene rings is 1. The summed E-state index contributed by atoms with van der Waals surface area (Å²) in [5.74, 6) is 0.442. The molecule has 1 heterocycles. The molecule has 3 heteroatoms. The third kappa shape index (κ3) is 2.29. The molecule has 92 valence electrons. The van der Waals surface area contributed by atoms with Crippen LogP contribution in [0.1, 0.15) is 25.7 Å². The molecule has 17 heavy (non-hydrogen) atoms. The fourth-order valence-electron chi connectivity index (χ4n) is 3.09. The Kier molecular flexibility index (Phi) is 2.79. The minimum Gasteiger partial charge on any atom is -0.490 e. The third-order valence-corrected chi connectivity index (χ3v) is 4.08. The van der Waals surface area contributed by atoms with E-state index in [-0.39, 0.29) is 11.9 Å². The lowest BCUT2D eigenvalue weighted by atomic mass is 9.62. The normalized spacial score (nSPS) is 23.4. The van der Waals surface area contributed by atoms with Gasteiger partial charge in [0.2, 0.25) is 0 Å². The Labute approximate surface area is 101 Å². The van der Waals surface area contributed by atoms with E-state index in [2.05, 4.69) is 5.32 Å².